The molecule has 98 valence electrons. The molecule has 2 heterocycles. The van der Waals surface area contributed by atoms with Crippen LogP contribution in [0, 0.1) is 0 Å². The molecule has 0 radical (unpaired) electrons. The van der Waals surface area contributed by atoms with Crippen LogP contribution in [0.5, 0.6) is 0 Å². The lowest BCUT2D eigenvalue weighted by atomic mass is 9.89. The number of hydrogen-bond acceptors (Lipinski definition) is 3. The van der Waals surface area contributed by atoms with Gasteiger partial charge in [-0.25, -0.2) is 0 Å². The minimum Gasteiger partial charge on any atom is -0.329 e. The molecule has 1 aromatic rings. The van der Waals surface area contributed by atoms with Gasteiger partial charge in [0.15, 0.2) is 0 Å². The van der Waals surface area contributed by atoms with E-state index in [0.29, 0.717) is 0 Å². The first-order valence-corrected chi connectivity index (χ1v) is 8.09. The molecule has 1 fully saturated rings. The fourth-order valence-electron chi connectivity index (χ4n) is 3.28. The van der Waals surface area contributed by atoms with Crippen LogP contribution in [0.3, 0.4) is 0 Å². The van der Waals surface area contributed by atoms with E-state index in [1.54, 1.807) is 0 Å². The lowest BCUT2D eigenvalue weighted by molar-refractivity contribution is 0.0878. The third-order valence-corrected chi connectivity index (χ3v) is 5.80. The molecular formula is C15H22N2S. The molecule has 0 aromatic heterocycles. The van der Waals surface area contributed by atoms with Gasteiger partial charge in [0.25, 0.3) is 0 Å². The Balaban J connectivity index is 1.81. The van der Waals surface area contributed by atoms with Crippen molar-refractivity contribution in [3.8, 4) is 0 Å². The number of benzene rings is 1. The molecule has 3 heteroatoms. The summed E-state index contributed by atoms with van der Waals surface area (Å²) in [5.41, 5.74) is 9.43. The van der Waals surface area contributed by atoms with Gasteiger partial charge in [0.2, 0.25) is 0 Å². The number of fused-ring (bicyclic) bond motifs is 1. The van der Waals surface area contributed by atoms with E-state index in [4.69, 9.17) is 5.73 Å². The number of rotatable bonds is 2. The Hall–Kier alpha value is -0.510. The molecule has 2 N–H and O–H groups in total. The van der Waals surface area contributed by atoms with E-state index in [1.807, 2.05) is 0 Å². The van der Waals surface area contributed by atoms with E-state index in [-0.39, 0.29) is 5.54 Å². The van der Waals surface area contributed by atoms with E-state index in [0.717, 1.165) is 13.1 Å². The van der Waals surface area contributed by atoms with Crippen LogP contribution >= 0.6 is 11.8 Å². The van der Waals surface area contributed by atoms with Gasteiger partial charge in [-0.15, -0.1) is 0 Å². The van der Waals surface area contributed by atoms with Gasteiger partial charge in [-0.3, -0.25) is 4.90 Å². The van der Waals surface area contributed by atoms with Crippen molar-refractivity contribution < 1.29 is 0 Å². The fraction of sp³-hybridized carbons (Fsp3) is 0.600. The van der Waals surface area contributed by atoms with Gasteiger partial charge in [0.05, 0.1) is 0 Å². The summed E-state index contributed by atoms with van der Waals surface area (Å²) in [6.07, 6.45) is 3.78. The third kappa shape index (κ3) is 2.20. The lowest BCUT2D eigenvalue weighted by Crippen LogP contribution is -2.58. The Morgan fingerprint density at radius 1 is 1.28 bits per heavy atom. The first-order valence-electron chi connectivity index (χ1n) is 6.94. The Kier molecular flexibility index (Phi) is 3.64. The van der Waals surface area contributed by atoms with Crippen molar-refractivity contribution in [2.45, 2.75) is 31.3 Å². The second kappa shape index (κ2) is 5.24. The van der Waals surface area contributed by atoms with Gasteiger partial charge in [0.1, 0.15) is 0 Å². The average Bonchev–Trinajstić information content (AvgIpc) is 2.47. The Bertz CT molecular complexity index is 413. The average molecular weight is 262 g/mol. The summed E-state index contributed by atoms with van der Waals surface area (Å²) < 4.78 is 0. The largest absolute Gasteiger partial charge is 0.329 e. The van der Waals surface area contributed by atoms with Gasteiger partial charge < -0.3 is 5.73 Å². The molecule has 1 saturated heterocycles. The van der Waals surface area contributed by atoms with Crippen LogP contribution in [0.25, 0.3) is 0 Å². The van der Waals surface area contributed by atoms with E-state index in [1.165, 1.54) is 48.4 Å². The van der Waals surface area contributed by atoms with Crippen LogP contribution in [-0.4, -0.2) is 35.0 Å². The third-order valence-electron chi connectivity index (χ3n) is 4.48. The van der Waals surface area contributed by atoms with Crippen molar-refractivity contribution in [1.82, 2.24) is 4.90 Å². The SMILES string of the molecule is NCC1(N2CCc3ccccc3C2)CCCSC1. The Labute approximate surface area is 114 Å². The zero-order chi connectivity index (χ0) is 12.4. The maximum atomic E-state index is 6.13. The second-order valence-electron chi connectivity index (χ2n) is 5.52. The highest BCUT2D eigenvalue weighted by Gasteiger charge is 2.38. The van der Waals surface area contributed by atoms with E-state index >= 15 is 0 Å². The van der Waals surface area contributed by atoms with Crippen molar-refractivity contribution in [2.24, 2.45) is 5.73 Å². The maximum Gasteiger partial charge on any atom is 0.0425 e. The zero-order valence-electron chi connectivity index (χ0n) is 10.9. The molecule has 0 amide bonds. The molecule has 0 bridgehead atoms. The molecular weight excluding hydrogens is 240 g/mol. The normalized spacial score (nSPS) is 28.9. The van der Waals surface area contributed by atoms with Crippen LogP contribution in [0.4, 0.5) is 0 Å². The first-order chi connectivity index (χ1) is 8.84. The van der Waals surface area contributed by atoms with Gasteiger partial charge in [0, 0.05) is 30.9 Å². The van der Waals surface area contributed by atoms with Crippen LogP contribution in [0.15, 0.2) is 24.3 Å². The number of thioether (sulfide) groups is 1. The molecule has 0 aliphatic carbocycles. The summed E-state index contributed by atoms with van der Waals surface area (Å²) in [7, 11) is 0. The summed E-state index contributed by atoms with van der Waals surface area (Å²) >= 11 is 2.08. The summed E-state index contributed by atoms with van der Waals surface area (Å²) in [5.74, 6) is 2.53. The molecule has 2 nitrogen and oxygen atoms in total. The van der Waals surface area contributed by atoms with Gasteiger partial charge in [-0.05, 0) is 36.1 Å². The van der Waals surface area contributed by atoms with E-state index in [9.17, 15) is 0 Å². The zero-order valence-corrected chi connectivity index (χ0v) is 11.7. The maximum absolute atomic E-state index is 6.13. The predicted molar refractivity (Wildman–Crippen MR) is 78.9 cm³/mol. The van der Waals surface area contributed by atoms with E-state index < -0.39 is 0 Å². The number of nitrogens with two attached hydrogens (primary N) is 1. The standard InChI is InChI=1S/C15H22N2S/c16-11-15(7-3-9-18-12-15)17-8-6-13-4-1-2-5-14(13)10-17/h1-2,4-5H,3,6-12,16H2. The monoisotopic (exact) mass is 262 g/mol. The summed E-state index contributed by atoms with van der Waals surface area (Å²) in [5, 5.41) is 0. The summed E-state index contributed by atoms with van der Waals surface area (Å²) in [6.45, 7) is 3.07. The molecule has 3 rings (SSSR count). The predicted octanol–water partition coefficient (Wildman–Crippen LogP) is 2.27. The Morgan fingerprint density at radius 2 is 2.11 bits per heavy atom. The minimum absolute atomic E-state index is 0.260. The summed E-state index contributed by atoms with van der Waals surface area (Å²) in [4.78, 5) is 2.65. The van der Waals surface area contributed by atoms with Crippen molar-refractivity contribution >= 4 is 11.8 Å². The quantitative estimate of drug-likeness (QED) is 0.886. The highest BCUT2D eigenvalue weighted by atomic mass is 32.2. The molecule has 18 heavy (non-hydrogen) atoms. The number of nitrogens with zero attached hydrogens (tertiary/aromatic N) is 1. The van der Waals surface area contributed by atoms with Crippen LogP contribution in [0.1, 0.15) is 24.0 Å². The van der Waals surface area contributed by atoms with Gasteiger partial charge in [-0.2, -0.15) is 11.8 Å². The van der Waals surface area contributed by atoms with Crippen molar-refractivity contribution in [2.75, 3.05) is 24.6 Å². The van der Waals surface area contributed by atoms with Gasteiger partial charge >= 0.3 is 0 Å². The molecule has 2 aliphatic rings. The van der Waals surface area contributed by atoms with Crippen molar-refractivity contribution in [3.63, 3.8) is 0 Å². The van der Waals surface area contributed by atoms with Crippen LogP contribution < -0.4 is 5.73 Å². The van der Waals surface area contributed by atoms with E-state index in [2.05, 4.69) is 40.9 Å². The molecule has 2 aliphatic heterocycles. The molecule has 1 unspecified atom stereocenters. The Morgan fingerprint density at radius 3 is 2.83 bits per heavy atom. The second-order valence-corrected chi connectivity index (χ2v) is 6.63. The van der Waals surface area contributed by atoms with Crippen molar-refractivity contribution in [3.05, 3.63) is 35.4 Å². The number of hydrogen-bond donors (Lipinski definition) is 1. The highest BCUT2D eigenvalue weighted by molar-refractivity contribution is 7.99. The van der Waals surface area contributed by atoms with Crippen molar-refractivity contribution in [1.29, 1.82) is 0 Å². The fourth-order valence-corrected chi connectivity index (χ4v) is 4.60. The molecule has 1 aromatic carbocycles. The molecule has 1 atom stereocenters. The molecule has 0 spiro atoms. The topological polar surface area (TPSA) is 29.3 Å². The highest BCUT2D eigenvalue weighted by Crippen LogP contribution is 2.34. The van der Waals surface area contributed by atoms with Crippen LogP contribution in [0.2, 0.25) is 0 Å². The first kappa shape index (κ1) is 12.5. The van der Waals surface area contributed by atoms with Gasteiger partial charge in [-0.1, -0.05) is 24.3 Å². The van der Waals surface area contributed by atoms with Crippen LogP contribution in [-0.2, 0) is 13.0 Å². The smallest absolute Gasteiger partial charge is 0.0425 e. The molecule has 0 saturated carbocycles. The minimum atomic E-state index is 0.260. The summed E-state index contributed by atoms with van der Waals surface area (Å²) in [6, 6.07) is 8.87. The lowest BCUT2D eigenvalue weighted by Gasteiger charge is -2.47.